The molecule has 0 aliphatic carbocycles. The van der Waals surface area contributed by atoms with Crippen LogP contribution >= 0.6 is 0 Å². The van der Waals surface area contributed by atoms with Crippen LogP contribution in [0.15, 0.2) is 42.7 Å². The number of nitrogens with one attached hydrogen (secondary N) is 2. The van der Waals surface area contributed by atoms with Crippen LogP contribution in [0.5, 0.6) is 0 Å². The van der Waals surface area contributed by atoms with E-state index in [0.29, 0.717) is 13.1 Å². The van der Waals surface area contributed by atoms with Crippen molar-refractivity contribution in [2.75, 3.05) is 44.2 Å². The Kier molecular flexibility index (Phi) is 6.98. The highest BCUT2D eigenvalue weighted by atomic mass is 16.2. The molecular formula is C20H28N6O. The lowest BCUT2D eigenvalue weighted by Gasteiger charge is -2.34. The number of aromatic nitrogens is 2. The highest BCUT2D eigenvalue weighted by molar-refractivity contribution is 5.73. The fourth-order valence-corrected chi connectivity index (χ4v) is 3.08. The van der Waals surface area contributed by atoms with Crippen LogP contribution < -0.4 is 15.5 Å². The van der Waals surface area contributed by atoms with Crippen molar-refractivity contribution >= 4 is 12.0 Å². The number of carbonyl (C=O) groups excluding carboxylic acids is 1. The molecular weight excluding hydrogens is 340 g/mol. The summed E-state index contributed by atoms with van der Waals surface area (Å²) in [5, 5.41) is 5.83. The van der Waals surface area contributed by atoms with Gasteiger partial charge < -0.3 is 15.5 Å². The molecule has 1 aromatic heterocycles. The third-order valence-corrected chi connectivity index (χ3v) is 4.72. The second-order valence-corrected chi connectivity index (χ2v) is 6.83. The summed E-state index contributed by atoms with van der Waals surface area (Å²) in [6.07, 6.45) is 4.51. The average molecular weight is 368 g/mol. The standard InChI is InChI=1S/C20H28N6O/c1-17-4-6-18(7-5-17)16-24-20(27)23-10-3-11-25-12-14-26(15-13-25)19-21-8-2-9-22-19/h2,4-9H,3,10-16H2,1H3,(H2,23,24,27). The Balaban J connectivity index is 1.26. The van der Waals surface area contributed by atoms with Crippen LogP contribution in [0.1, 0.15) is 17.5 Å². The Morgan fingerprint density at radius 3 is 2.44 bits per heavy atom. The van der Waals surface area contributed by atoms with Gasteiger partial charge in [0.1, 0.15) is 0 Å². The molecule has 0 radical (unpaired) electrons. The molecule has 0 bridgehead atoms. The lowest BCUT2D eigenvalue weighted by atomic mass is 10.1. The van der Waals surface area contributed by atoms with Gasteiger partial charge in [0.2, 0.25) is 5.95 Å². The highest BCUT2D eigenvalue weighted by Gasteiger charge is 2.18. The van der Waals surface area contributed by atoms with Gasteiger partial charge in [0.15, 0.2) is 0 Å². The lowest BCUT2D eigenvalue weighted by Crippen LogP contribution is -2.47. The summed E-state index contributed by atoms with van der Waals surface area (Å²) in [7, 11) is 0. The minimum Gasteiger partial charge on any atom is -0.338 e. The van der Waals surface area contributed by atoms with Crippen molar-refractivity contribution in [3.63, 3.8) is 0 Å². The summed E-state index contributed by atoms with van der Waals surface area (Å²) in [4.78, 5) is 25.1. The maximum atomic E-state index is 11.9. The number of piperazine rings is 1. The van der Waals surface area contributed by atoms with E-state index >= 15 is 0 Å². The van der Waals surface area contributed by atoms with Crippen molar-refractivity contribution in [1.82, 2.24) is 25.5 Å². The molecule has 7 heteroatoms. The van der Waals surface area contributed by atoms with Gasteiger partial charge in [-0.2, -0.15) is 0 Å². The zero-order chi connectivity index (χ0) is 18.9. The maximum absolute atomic E-state index is 11.9. The predicted molar refractivity (Wildman–Crippen MR) is 107 cm³/mol. The van der Waals surface area contributed by atoms with E-state index in [1.165, 1.54) is 5.56 Å². The third kappa shape index (κ3) is 6.21. The molecule has 1 aliphatic rings. The maximum Gasteiger partial charge on any atom is 0.315 e. The third-order valence-electron chi connectivity index (χ3n) is 4.72. The SMILES string of the molecule is Cc1ccc(CNC(=O)NCCCN2CCN(c3ncccn3)CC2)cc1. The number of aryl methyl sites for hydroxylation is 1. The number of anilines is 1. The van der Waals surface area contributed by atoms with Crippen molar-refractivity contribution in [3.8, 4) is 0 Å². The molecule has 3 rings (SSSR count). The van der Waals surface area contributed by atoms with Crippen molar-refractivity contribution in [1.29, 1.82) is 0 Å². The minimum absolute atomic E-state index is 0.110. The van der Waals surface area contributed by atoms with Crippen molar-refractivity contribution in [2.45, 2.75) is 19.9 Å². The van der Waals surface area contributed by atoms with Gasteiger partial charge in [-0.1, -0.05) is 29.8 Å². The molecule has 1 saturated heterocycles. The molecule has 1 aliphatic heterocycles. The van der Waals surface area contributed by atoms with Crippen LogP contribution in [0, 0.1) is 6.92 Å². The van der Waals surface area contributed by atoms with Crippen molar-refractivity contribution in [3.05, 3.63) is 53.9 Å². The van der Waals surface area contributed by atoms with Gasteiger partial charge in [0, 0.05) is 51.7 Å². The first-order valence-corrected chi connectivity index (χ1v) is 9.52. The van der Waals surface area contributed by atoms with Crippen LogP contribution in [0.2, 0.25) is 0 Å². The van der Waals surface area contributed by atoms with Gasteiger partial charge in [-0.15, -0.1) is 0 Å². The van der Waals surface area contributed by atoms with Crippen LogP contribution in [0.4, 0.5) is 10.7 Å². The first-order valence-electron chi connectivity index (χ1n) is 9.52. The second kappa shape index (κ2) is 9.87. The van der Waals surface area contributed by atoms with E-state index in [2.05, 4.69) is 49.5 Å². The Bertz CT molecular complexity index is 698. The van der Waals surface area contributed by atoms with E-state index in [9.17, 15) is 4.79 Å². The topological polar surface area (TPSA) is 73.4 Å². The number of hydrogen-bond donors (Lipinski definition) is 2. The number of amides is 2. The van der Waals surface area contributed by atoms with Crippen LogP contribution in [-0.4, -0.2) is 60.2 Å². The van der Waals surface area contributed by atoms with Gasteiger partial charge in [-0.3, -0.25) is 4.90 Å². The van der Waals surface area contributed by atoms with E-state index in [0.717, 1.165) is 50.7 Å². The van der Waals surface area contributed by atoms with Gasteiger partial charge in [-0.25, -0.2) is 14.8 Å². The molecule has 1 aromatic carbocycles. The lowest BCUT2D eigenvalue weighted by molar-refractivity contribution is 0.235. The Morgan fingerprint density at radius 2 is 1.74 bits per heavy atom. The molecule has 2 N–H and O–H groups in total. The zero-order valence-electron chi connectivity index (χ0n) is 15.9. The summed E-state index contributed by atoms with van der Waals surface area (Å²) in [5.41, 5.74) is 2.33. The quantitative estimate of drug-likeness (QED) is 0.729. The number of nitrogens with zero attached hydrogens (tertiary/aromatic N) is 4. The van der Waals surface area contributed by atoms with Crippen molar-refractivity contribution < 1.29 is 4.79 Å². The molecule has 2 aromatic rings. The Labute approximate surface area is 160 Å². The summed E-state index contributed by atoms with van der Waals surface area (Å²) < 4.78 is 0. The Hall–Kier alpha value is -2.67. The fourth-order valence-electron chi connectivity index (χ4n) is 3.08. The molecule has 1 fully saturated rings. The number of urea groups is 1. The second-order valence-electron chi connectivity index (χ2n) is 6.83. The molecule has 0 atom stereocenters. The number of carbonyl (C=O) groups is 1. The van der Waals surface area contributed by atoms with Gasteiger partial charge in [0.05, 0.1) is 0 Å². The Morgan fingerprint density at radius 1 is 1.04 bits per heavy atom. The molecule has 0 saturated carbocycles. The van der Waals surface area contributed by atoms with Crippen LogP contribution in [-0.2, 0) is 6.54 Å². The summed E-state index contributed by atoms with van der Waals surface area (Å²) >= 11 is 0. The summed E-state index contributed by atoms with van der Waals surface area (Å²) in [6.45, 7) is 8.15. The first kappa shape index (κ1) is 19.1. The molecule has 7 nitrogen and oxygen atoms in total. The first-order chi connectivity index (χ1) is 13.2. The molecule has 2 amide bonds. The molecule has 27 heavy (non-hydrogen) atoms. The molecule has 2 heterocycles. The monoisotopic (exact) mass is 368 g/mol. The number of benzene rings is 1. The summed E-state index contributed by atoms with van der Waals surface area (Å²) in [6, 6.07) is 9.91. The van der Waals surface area contributed by atoms with E-state index in [4.69, 9.17) is 0 Å². The summed E-state index contributed by atoms with van der Waals surface area (Å²) in [5.74, 6) is 0.809. The zero-order valence-corrected chi connectivity index (χ0v) is 15.9. The van der Waals surface area contributed by atoms with Gasteiger partial charge in [0.25, 0.3) is 0 Å². The van der Waals surface area contributed by atoms with E-state index in [1.807, 2.05) is 18.2 Å². The molecule has 0 unspecified atom stereocenters. The smallest absolute Gasteiger partial charge is 0.315 e. The normalized spacial score (nSPS) is 14.8. The highest BCUT2D eigenvalue weighted by Crippen LogP contribution is 2.09. The average Bonchev–Trinajstić information content (AvgIpc) is 2.72. The van der Waals surface area contributed by atoms with E-state index < -0.39 is 0 Å². The fraction of sp³-hybridized carbons (Fsp3) is 0.450. The molecule has 144 valence electrons. The van der Waals surface area contributed by atoms with Crippen LogP contribution in [0.25, 0.3) is 0 Å². The minimum atomic E-state index is -0.110. The molecule has 0 spiro atoms. The predicted octanol–water partition coefficient (Wildman–Crippen LogP) is 1.80. The van der Waals surface area contributed by atoms with Gasteiger partial charge >= 0.3 is 6.03 Å². The number of rotatable bonds is 7. The largest absolute Gasteiger partial charge is 0.338 e. The van der Waals surface area contributed by atoms with E-state index in [1.54, 1.807) is 12.4 Å². The van der Waals surface area contributed by atoms with Crippen molar-refractivity contribution in [2.24, 2.45) is 0 Å². The van der Waals surface area contributed by atoms with E-state index in [-0.39, 0.29) is 6.03 Å². The number of hydrogen-bond acceptors (Lipinski definition) is 5. The van der Waals surface area contributed by atoms with Gasteiger partial charge in [-0.05, 0) is 31.5 Å². The van der Waals surface area contributed by atoms with Crippen LogP contribution in [0.3, 0.4) is 0 Å².